The molecule has 1 atom stereocenters. The summed E-state index contributed by atoms with van der Waals surface area (Å²) >= 11 is 5.91. The van der Waals surface area contributed by atoms with Crippen molar-refractivity contribution in [2.75, 3.05) is 36.8 Å². The molecule has 0 aromatic heterocycles. The van der Waals surface area contributed by atoms with Crippen LogP contribution in [0, 0.1) is 0 Å². The molecule has 2 saturated heterocycles. The summed E-state index contributed by atoms with van der Waals surface area (Å²) in [5.41, 5.74) is 1.42. The number of nitrogens with zero attached hydrogens (tertiary/aromatic N) is 2. The van der Waals surface area contributed by atoms with Crippen LogP contribution >= 0.6 is 11.6 Å². The van der Waals surface area contributed by atoms with E-state index in [0.717, 1.165) is 51.7 Å². The molecule has 0 bridgehead atoms. The minimum atomic E-state index is -0.326. The second kappa shape index (κ2) is 10.8. The first-order valence-electron chi connectivity index (χ1n) is 11.5. The van der Waals surface area contributed by atoms with Gasteiger partial charge in [-0.25, -0.2) is 0 Å². The molecule has 4 rings (SSSR count). The van der Waals surface area contributed by atoms with Gasteiger partial charge in [0, 0.05) is 23.8 Å². The van der Waals surface area contributed by atoms with E-state index in [1.54, 1.807) is 48.5 Å². The summed E-state index contributed by atoms with van der Waals surface area (Å²) in [6.07, 6.45) is 4.84. The van der Waals surface area contributed by atoms with Crippen molar-refractivity contribution in [1.82, 2.24) is 9.80 Å². The average molecular weight is 469 g/mol. The van der Waals surface area contributed by atoms with Gasteiger partial charge in [-0.3, -0.25) is 19.3 Å². The van der Waals surface area contributed by atoms with E-state index in [0.29, 0.717) is 22.0 Å². The molecule has 0 saturated carbocycles. The monoisotopic (exact) mass is 468 g/mol. The van der Waals surface area contributed by atoms with Crippen LogP contribution in [0.3, 0.4) is 0 Å². The van der Waals surface area contributed by atoms with Crippen LogP contribution < -0.4 is 10.6 Å². The Kier molecular flexibility index (Phi) is 7.62. The number of rotatable bonds is 6. The summed E-state index contributed by atoms with van der Waals surface area (Å²) < 4.78 is 0. The van der Waals surface area contributed by atoms with E-state index < -0.39 is 0 Å². The molecule has 2 heterocycles. The fourth-order valence-electron chi connectivity index (χ4n) is 4.50. The summed E-state index contributed by atoms with van der Waals surface area (Å²) in [7, 11) is 0. The number of benzene rings is 2. The fraction of sp³-hybridized carbons (Fsp3) is 0.400. The van der Waals surface area contributed by atoms with Crippen LogP contribution in [-0.4, -0.2) is 59.7 Å². The van der Waals surface area contributed by atoms with E-state index >= 15 is 0 Å². The maximum absolute atomic E-state index is 13.0. The number of piperidine rings is 1. The molecule has 7 nitrogen and oxygen atoms in total. The first kappa shape index (κ1) is 23.3. The Morgan fingerprint density at radius 1 is 0.879 bits per heavy atom. The number of anilines is 2. The Morgan fingerprint density at radius 3 is 2.33 bits per heavy atom. The maximum Gasteiger partial charge on any atom is 0.257 e. The molecule has 2 aromatic rings. The quantitative estimate of drug-likeness (QED) is 0.671. The number of carbonyl (C=O) groups is 3. The van der Waals surface area contributed by atoms with E-state index in [-0.39, 0.29) is 30.3 Å². The maximum atomic E-state index is 13.0. The third-order valence-electron chi connectivity index (χ3n) is 6.21. The molecule has 0 spiro atoms. The van der Waals surface area contributed by atoms with Gasteiger partial charge in [-0.2, -0.15) is 0 Å². The van der Waals surface area contributed by atoms with Crippen molar-refractivity contribution in [3.05, 3.63) is 59.1 Å². The molecule has 1 unspecified atom stereocenters. The Bertz CT molecular complexity index is 1000. The zero-order valence-corrected chi connectivity index (χ0v) is 19.3. The molecule has 33 heavy (non-hydrogen) atoms. The van der Waals surface area contributed by atoms with E-state index in [1.807, 2.05) is 9.80 Å². The number of para-hydroxylation sites is 1. The highest BCUT2D eigenvalue weighted by molar-refractivity contribution is 6.30. The Labute approximate surface area is 199 Å². The molecule has 0 aliphatic carbocycles. The summed E-state index contributed by atoms with van der Waals surface area (Å²) in [6, 6.07) is 13.5. The number of hydrogen-bond donors (Lipinski definition) is 2. The van der Waals surface area contributed by atoms with Crippen molar-refractivity contribution in [3.63, 3.8) is 0 Å². The van der Waals surface area contributed by atoms with E-state index in [1.165, 1.54) is 0 Å². The largest absolute Gasteiger partial charge is 0.341 e. The smallest absolute Gasteiger partial charge is 0.257 e. The van der Waals surface area contributed by atoms with Crippen molar-refractivity contribution in [3.8, 4) is 0 Å². The van der Waals surface area contributed by atoms with E-state index in [4.69, 9.17) is 11.6 Å². The Morgan fingerprint density at radius 2 is 1.58 bits per heavy atom. The van der Waals surface area contributed by atoms with Gasteiger partial charge in [0.15, 0.2) is 0 Å². The van der Waals surface area contributed by atoms with E-state index in [9.17, 15) is 14.4 Å². The normalized spacial score (nSPS) is 18.7. The molecule has 0 radical (unpaired) electrons. The number of amides is 3. The van der Waals surface area contributed by atoms with Crippen LogP contribution in [0.5, 0.6) is 0 Å². The van der Waals surface area contributed by atoms with Gasteiger partial charge in [0.05, 0.1) is 23.8 Å². The number of likely N-dealkylation sites (tertiary alicyclic amines) is 2. The van der Waals surface area contributed by atoms with Crippen molar-refractivity contribution in [2.45, 2.75) is 38.1 Å². The summed E-state index contributed by atoms with van der Waals surface area (Å²) in [5, 5.41) is 6.28. The number of nitrogens with one attached hydrogen (secondary N) is 2. The Balaban J connectivity index is 1.41. The first-order valence-corrected chi connectivity index (χ1v) is 11.9. The average Bonchev–Trinajstić information content (AvgIpc) is 3.36. The van der Waals surface area contributed by atoms with Gasteiger partial charge in [-0.05, 0) is 68.6 Å². The fourth-order valence-corrected chi connectivity index (χ4v) is 4.63. The summed E-state index contributed by atoms with van der Waals surface area (Å²) in [5.74, 6) is -0.418. The zero-order chi connectivity index (χ0) is 23.2. The highest BCUT2D eigenvalue weighted by Gasteiger charge is 2.33. The zero-order valence-electron chi connectivity index (χ0n) is 18.6. The van der Waals surface area contributed by atoms with Crippen LogP contribution in [0.25, 0.3) is 0 Å². The van der Waals surface area contributed by atoms with Crippen molar-refractivity contribution >= 4 is 40.7 Å². The third kappa shape index (κ3) is 5.92. The first-order chi connectivity index (χ1) is 16.0. The lowest BCUT2D eigenvalue weighted by molar-refractivity contribution is -0.137. The molecule has 3 amide bonds. The molecule has 8 heteroatoms. The lowest BCUT2D eigenvalue weighted by atomic mass is 10.0. The number of carbonyl (C=O) groups excluding carboxylic acids is 3. The number of hydrogen-bond acceptors (Lipinski definition) is 4. The SMILES string of the molecule is O=C(CN1CCCCC1C(=O)N1CCCC1)Nc1ccccc1C(=O)Nc1ccc(Cl)cc1. The molecule has 2 aliphatic rings. The number of halogens is 1. The minimum absolute atomic E-state index is 0.122. The predicted molar refractivity (Wildman–Crippen MR) is 130 cm³/mol. The summed E-state index contributed by atoms with van der Waals surface area (Å²) in [6.45, 7) is 2.46. The van der Waals surface area contributed by atoms with Gasteiger partial charge >= 0.3 is 0 Å². The molecule has 2 aliphatic heterocycles. The highest BCUT2D eigenvalue weighted by atomic mass is 35.5. The minimum Gasteiger partial charge on any atom is -0.341 e. The second-order valence-electron chi connectivity index (χ2n) is 8.57. The lowest BCUT2D eigenvalue weighted by Crippen LogP contribution is -2.52. The molecular formula is C25H29ClN4O3. The molecule has 2 fully saturated rings. The van der Waals surface area contributed by atoms with Gasteiger partial charge in [0.2, 0.25) is 11.8 Å². The summed E-state index contributed by atoms with van der Waals surface area (Å²) in [4.78, 5) is 42.6. The predicted octanol–water partition coefficient (Wildman–Crippen LogP) is 4.01. The molecule has 2 aromatic carbocycles. The third-order valence-corrected chi connectivity index (χ3v) is 6.46. The van der Waals surface area contributed by atoms with Gasteiger partial charge < -0.3 is 15.5 Å². The topological polar surface area (TPSA) is 81.8 Å². The van der Waals surface area contributed by atoms with Gasteiger partial charge in [0.25, 0.3) is 5.91 Å². The van der Waals surface area contributed by atoms with Crippen LogP contribution in [-0.2, 0) is 9.59 Å². The van der Waals surface area contributed by atoms with Crippen LogP contribution in [0.15, 0.2) is 48.5 Å². The van der Waals surface area contributed by atoms with Crippen LogP contribution in [0.1, 0.15) is 42.5 Å². The highest BCUT2D eigenvalue weighted by Crippen LogP contribution is 2.22. The van der Waals surface area contributed by atoms with Crippen LogP contribution in [0.4, 0.5) is 11.4 Å². The second-order valence-corrected chi connectivity index (χ2v) is 9.01. The lowest BCUT2D eigenvalue weighted by Gasteiger charge is -2.36. The van der Waals surface area contributed by atoms with Crippen molar-refractivity contribution in [2.24, 2.45) is 0 Å². The molecular weight excluding hydrogens is 440 g/mol. The van der Waals surface area contributed by atoms with E-state index in [2.05, 4.69) is 10.6 Å². The van der Waals surface area contributed by atoms with Crippen molar-refractivity contribution in [1.29, 1.82) is 0 Å². The van der Waals surface area contributed by atoms with Crippen LogP contribution in [0.2, 0.25) is 5.02 Å². The van der Waals surface area contributed by atoms with Gasteiger partial charge in [-0.15, -0.1) is 0 Å². The Hall–Kier alpha value is -2.90. The van der Waals surface area contributed by atoms with Crippen molar-refractivity contribution < 1.29 is 14.4 Å². The standard InChI is InChI=1S/C25H29ClN4O3/c26-18-10-12-19(13-11-18)27-24(32)20-7-1-2-8-21(20)28-23(31)17-30-16-4-3-9-22(30)25(33)29-14-5-6-15-29/h1-2,7-8,10-13,22H,3-6,9,14-17H2,(H,27,32)(H,28,31). The van der Waals surface area contributed by atoms with Gasteiger partial charge in [0.1, 0.15) is 0 Å². The molecule has 2 N–H and O–H groups in total. The van der Waals surface area contributed by atoms with Gasteiger partial charge in [-0.1, -0.05) is 30.2 Å². The molecule has 174 valence electrons.